The quantitative estimate of drug-likeness (QED) is 0.426. The molecule has 0 aliphatic carbocycles. The molecule has 0 aliphatic rings. The summed E-state index contributed by atoms with van der Waals surface area (Å²) in [5.74, 6) is -2.12. The van der Waals surface area contributed by atoms with Crippen LogP contribution in [0.3, 0.4) is 0 Å². The highest BCUT2D eigenvalue weighted by Crippen LogP contribution is 2.15. The van der Waals surface area contributed by atoms with Gasteiger partial charge >= 0.3 is 12.1 Å². The molecular formula is C18H23NO5. The lowest BCUT2D eigenvalue weighted by atomic mass is 9.91. The molecule has 24 heavy (non-hydrogen) atoms. The second-order valence-corrected chi connectivity index (χ2v) is 5.27. The largest absolute Gasteiger partial charge is 0.468 e. The van der Waals surface area contributed by atoms with Crippen molar-refractivity contribution in [2.75, 3.05) is 13.7 Å². The molecule has 6 nitrogen and oxygen atoms in total. The molecule has 2 atom stereocenters. The summed E-state index contributed by atoms with van der Waals surface area (Å²) in [6, 6.07) is 8.87. The van der Waals surface area contributed by atoms with E-state index in [1.54, 1.807) is 0 Å². The normalized spacial score (nSPS) is 12.6. The van der Waals surface area contributed by atoms with Crippen LogP contribution in [0.25, 0.3) is 0 Å². The Morgan fingerprint density at radius 2 is 1.92 bits per heavy atom. The molecule has 0 spiro atoms. The molecule has 0 aliphatic heterocycles. The van der Waals surface area contributed by atoms with E-state index in [2.05, 4.69) is 11.9 Å². The fourth-order valence-corrected chi connectivity index (χ4v) is 2.36. The fourth-order valence-electron chi connectivity index (χ4n) is 2.36. The Labute approximate surface area is 141 Å². The molecule has 0 fully saturated rings. The maximum Gasteiger partial charge on any atom is 0.407 e. The van der Waals surface area contributed by atoms with E-state index in [1.807, 2.05) is 30.3 Å². The summed E-state index contributed by atoms with van der Waals surface area (Å²) in [5.41, 5.74) is 1.04. The summed E-state index contributed by atoms with van der Waals surface area (Å²) in [7, 11) is 1.21. The van der Waals surface area contributed by atoms with Crippen LogP contribution in [0.1, 0.15) is 18.9 Å². The second kappa shape index (κ2) is 10.2. The van der Waals surface area contributed by atoms with Gasteiger partial charge < -0.3 is 14.8 Å². The highest BCUT2D eigenvalue weighted by molar-refractivity contribution is 5.98. The van der Waals surface area contributed by atoms with Crippen molar-refractivity contribution >= 4 is 17.8 Å². The first-order chi connectivity index (χ1) is 11.5. The lowest BCUT2D eigenvalue weighted by molar-refractivity contribution is -0.150. The first-order valence-electron chi connectivity index (χ1n) is 7.66. The van der Waals surface area contributed by atoms with Crippen molar-refractivity contribution in [3.63, 3.8) is 0 Å². The predicted octanol–water partition coefficient (Wildman–Crippen LogP) is 2.28. The number of alkyl carbamates (subject to hydrolysis) is 1. The van der Waals surface area contributed by atoms with E-state index in [-0.39, 0.29) is 12.4 Å². The number of aryl methyl sites for hydroxylation is 1. The van der Waals surface area contributed by atoms with Crippen LogP contribution in [-0.4, -0.2) is 37.6 Å². The van der Waals surface area contributed by atoms with Crippen LogP contribution in [0.4, 0.5) is 4.79 Å². The fraction of sp³-hybridized carbons (Fsp3) is 0.389. The zero-order valence-electron chi connectivity index (χ0n) is 14.0. The Balaban J connectivity index is 2.87. The SMILES string of the molecule is C=CCOC(=O)N[C@@H](CCc1ccccc1)C(C(C)=O)C(=O)OC. The molecule has 130 valence electrons. The summed E-state index contributed by atoms with van der Waals surface area (Å²) >= 11 is 0. The topological polar surface area (TPSA) is 81.7 Å². The number of hydrogen-bond acceptors (Lipinski definition) is 5. The third-order valence-corrected chi connectivity index (χ3v) is 3.52. The Bertz CT molecular complexity index is 570. The Kier molecular flexibility index (Phi) is 8.25. The van der Waals surface area contributed by atoms with E-state index in [0.717, 1.165) is 5.56 Å². The van der Waals surface area contributed by atoms with Crippen LogP contribution in [0.2, 0.25) is 0 Å². The van der Waals surface area contributed by atoms with Crippen molar-refractivity contribution in [3.8, 4) is 0 Å². The van der Waals surface area contributed by atoms with Crippen LogP contribution in [0, 0.1) is 5.92 Å². The van der Waals surface area contributed by atoms with Crippen molar-refractivity contribution in [2.24, 2.45) is 5.92 Å². The summed E-state index contributed by atoms with van der Waals surface area (Å²) in [4.78, 5) is 35.7. The Morgan fingerprint density at radius 3 is 2.46 bits per heavy atom. The van der Waals surface area contributed by atoms with Crippen LogP contribution >= 0.6 is 0 Å². The van der Waals surface area contributed by atoms with Gasteiger partial charge in [-0.15, -0.1) is 0 Å². The van der Waals surface area contributed by atoms with Crippen LogP contribution in [0.5, 0.6) is 0 Å². The van der Waals surface area contributed by atoms with Crippen molar-refractivity contribution < 1.29 is 23.9 Å². The number of ketones is 1. The summed E-state index contributed by atoms with van der Waals surface area (Å²) < 4.78 is 9.59. The highest BCUT2D eigenvalue weighted by atomic mass is 16.5. The van der Waals surface area contributed by atoms with Crippen molar-refractivity contribution in [2.45, 2.75) is 25.8 Å². The zero-order valence-corrected chi connectivity index (χ0v) is 14.0. The van der Waals surface area contributed by atoms with Crippen molar-refractivity contribution in [3.05, 3.63) is 48.6 Å². The van der Waals surface area contributed by atoms with Gasteiger partial charge in [0.25, 0.3) is 0 Å². The minimum Gasteiger partial charge on any atom is -0.468 e. The molecule has 0 radical (unpaired) electrons. The van der Waals surface area contributed by atoms with E-state index in [1.165, 1.54) is 20.1 Å². The number of ether oxygens (including phenoxy) is 2. The maximum absolute atomic E-state index is 12.0. The van der Waals surface area contributed by atoms with Gasteiger partial charge in [0.05, 0.1) is 13.2 Å². The predicted molar refractivity (Wildman–Crippen MR) is 89.4 cm³/mol. The van der Waals surface area contributed by atoms with Crippen LogP contribution < -0.4 is 5.32 Å². The first kappa shape index (κ1) is 19.4. The molecule has 6 heteroatoms. The average molecular weight is 333 g/mol. The van der Waals surface area contributed by atoms with E-state index in [4.69, 9.17) is 9.47 Å². The second-order valence-electron chi connectivity index (χ2n) is 5.27. The third-order valence-electron chi connectivity index (χ3n) is 3.52. The lowest BCUT2D eigenvalue weighted by Crippen LogP contribution is -2.47. The van der Waals surface area contributed by atoms with Gasteiger partial charge in [0.15, 0.2) is 0 Å². The molecule has 0 saturated heterocycles. The van der Waals surface area contributed by atoms with E-state index in [9.17, 15) is 14.4 Å². The number of hydrogen-bond donors (Lipinski definition) is 1. The molecule has 0 saturated carbocycles. The van der Waals surface area contributed by atoms with Crippen LogP contribution in [0.15, 0.2) is 43.0 Å². The smallest absolute Gasteiger partial charge is 0.407 e. The molecule has 1 amide bonds. The van der Waals surface area contributed by atoms with Gasteiger partial charge in [0.2, 0.25) is 0 Å². The van der Waals surface area contributed by atoms with Gasteiger partial charge in [0, 0.05) is 0 Å². The number of esters is 1. The monoisotopic (exact) mass is 333 g/mol. The molecule has 1 aromatic rings. The Hall–Kier alpha value is -2.63. The molecule has 0 heterocycles. The average Bonchev–Trinajstić information content (AvgIpc) is 2.58. The minimum absolute atomic E-state index is 0.0419. The summed E-state index contributed by atoms with van der Waals surface area (Å²) in [6.45, 7) is 4.80. The number of rotatable bonds is 9. The number of nitrogens with one attached hydrogen (secondary N) is 1. The van der Waals surface area contributed by atoms with Gasteiger partial charge in [-0.1, -0.05) is 43.0 Å². The van der Waals surface area contributed by atoms with Crippen molar-refractivity contribution in [1.29, 1.82) is 0 Å². The maximum atomic E-state index is 12.0. The molecule has 1 rings (SSSR count). The number of carbonyl (C=O) groups excluding carboxylic acids is 3. The number of methoxy groups -OCH3 is 1. The Morgan fingerprint density at radius 1 is 1.25 bits per heavy atom. The third kappa shape index (κ3) is 6.24. The van der Waals surface area contributed by atoms with Gasteiger partial charge in [-0.25, -0.2) is 4.79 Å². The van der Waals surface area contributed by atoms with Crippen LogP contribution in [-0.2, 0) is 25.5 Å². The molecule has 1 N–H and O–H groups in total. The molecule has 0 aromatic heterocycles. The number of amides is 1. The summed E-state index contributed by atoms with van der Waals surface area (Å²) in [6.07, 6.45) is 1.71. The zero-order chi connectivity index (χ0) is 17.9. The molecule has 1 unspecified atom stereocenters. The molecular weight excluding hydrogens is 310 g/mol. The van der Waals surface area contributed by atoms with E-state index < -0.39 is 24.0 Å². The lowest BCUT2D eigenvalue weighted by Gasteiger charge is -2.24. The first-order valence-corrected chi connectivity index (χ1v) is 7.66. The number of Topliss-reactive ketones (excluding diaryl/α,β-unsaturated/α-hetero) is 1. The summed E-state index contributed by atoms with van der Waals surface area (Å²) in [5, 5.41) is 2.59. The number of carbonyl (C=O) groups is 3. The van der Waals surface area contributed by atoms with Gasteiger partial charge in [-0.05, 0) is 25.3 Å². The van der Waals surface area contributed by atoms with E-state index in [0.29, 0.717) is 12.8 Å². The minimum atomic E-state index is -1.07. The number of benzene rings is 1. The van der Waals surface area contributed by atoms with Crippen molar-refractivity contribution in [1.82, 2.24) is 5.32 Å². The van der Waals surface area contributed by atoms with Gasteiger partial charge in [0.1, 0.15) is 18.3 Å². The van der Waals surface area contributed by atoms with Gasteiger partial charge in [-0.3, -0.25) is 9.59 Å². The standard InChI is InChI=1S/C18H23NO5/c1-4-12-24-18(22)19-15(16(13(2)20)17(21)23-3)11-10-14-8-6-5-7-9-14/h4-9,15-16H,1,10-12H2,2-3H3,(H,19,22)/t15-,16?/m0/s1. The molecule has 1 aromatic carbocycles. The van der Waals surface area contributed by atoms with Gasteiger partial charge in [-0.2, -0.15) is 0 Å². The highest BCUT2D eigenvalue weighted by Gasteiger charge is 2.34. The molecule has 0 bridgehead atoms. The van der Waals surface area contributed by atoms with E-state index >= 15 is 0 Å².